The summed E-state index contributed by atoms with van der Waals surface area (Å²) in [6, 6.07) is 15.7. The summed E-state index contributed by atoms with van der Waals surface area (Å²) >= 11 is 5.91. The minimum Gasteiger partial charge on any atom is -0.475 e. The van der Waals surface area contributed by atoms with E-state index in [9.17, 15) is 0 Å². The van der Waals surface area contributed by atoms with Crippen LogP contribution in [-0.4, -0.2) is 16.7 Å². The van der Waals surface area contributed by atoms with Gasteiger partial charge in [-0.2, -0.15) is 0 Å². The van der Waals surface area contributed by atoms with Gasteiger partial charge in [-0.3, -0.25) is 4.98 Å². The number of hydrogen-bond acceptors (Lipinski definition) is 4. The van der Waals surface area contributed by atoms with E-state index in [1.54, 1.807) is 6.20 Å². The highest BCUT2D eigenvalue weighted by Gasteiger charge is 2.15. The topological polar surface area (TPSA) is 48.2 Å². The maximum Gasteiger partial charge on any atom is 0.262 e. The van der Waals surface area contributed by atoms with Crippen LogP contribution in [0.1, 0.15) is 11.1 Å². The van der Waals surface area contributed by atoms with Gasteiger partial charge in [-0.25, -0.2) is 0 Å². The molecule has 0 unspecified atom stereocenters. The maximum atomic E-state index is 5.91. The van der Waals surface area contributed by atoms with Crippen LogP contribution in [0.4, 0.5) is 0 Å². The van der Waals surface area contributed by atoms with Gasteiger partial charge < -0.3 is 9.26 Å². The Morgan fingerprint density at radius 2 is 1.88 bits per heavy atom. The van der Waals surface area contributed by atoms with Crippen molar-refractivity contribution in [3.8, 4) is 17.0 Å². The standard InChI is InChI=1S/C21H17ClN2O2/c1-14-9-11-23-13-19(14)17-3-2-4-18-20(17)26-24-21(18)25-12-10-15-5-7-16(22)8-6-15/h2-9,11,13H,10,12H2,1H3. The highest BCUT2D eigenvalue weighted by molar-refractivity contribution is 6.30. The van der Waals surface area contributed by atoms with Gasteiger partial charge in [0.25, 0.3) is 5.88 Å². The second kappa shape index (κ2) is 7.18. The maximum absolute atomic E-state index is 5.91. The van der Waals surface area contributed by atoms with Crippen LogP contribution in [0, 0.1) is 6.92 Å². The van der Waals surface area contributed by atoms with E-state index in [0.29, 0.717) is 18.1 Å². The van der Waals surface area contributed by atoms with E-state index in [0.717, 1.165) is 39.1 Å². The number of para-hydroxylation sites is 1. The number of fused-ring (bicyclic) bond motifs is 1. The van der Waals surface area contributed by atoms with Crippen molar-refractivity contribution in [1.29, 1.82) is 0 Å². The Balaban J connectivity index is 1.57. The van der Waals surface area contributed by atoms with Crippen molar-refractivity contribution < 1.29 is 9.26 Å². The third-order valence-corrected chi connectivity index (χ3v) is 4.59. The third kappa shape index (κ3) is 3.28. The molecular weight excluding hydrogens is 348 g/mol. The van der Waals surface area contributed by atoms with Crippen LogP contribution in [0.25, 0.3) is 22.1 Å². The molecule has 5 heteroatoms. The predicted molar refractivity (Wildman–Crippen MR) is 103 cm³/mol. The Labute approximate surface area is 156 Å². The molecule has 2 heterocycles. The number of halogens is 1. The summed E-state index contributed by atoms with van der Waals surface area (Å²) in [5.74, 6) is 0.511. The number of aryl methyl sites for hydroxylation is 1. The monoisotopic (exact) mass is 364 g/mol. The van der Waals surface area contributed by atoms with Gasteiger partial charge in [0, 0.05) is 35.0 Å². The van der Waals surface area contributed by atoms with E-state index in [1.165, 1.54) is 0 Å². The quantitative estimate of drug-likeness (QED) is 0.471. The van der Waals surface area contributed by atoms with E-state index in [2.05, 4.69) is 17.1 Å². The number of pyridine rings is 1. The van der Waals surface area contributed by atoms with Crippen LogP contribution in [0.2, 0.25) is 5.02 Å². The molecule has 0 saturated heterocycles. The molecule has 0 fully saturated rings. The molecule has 0 aliphatic rings. The van der Waals surface area contributed by atoms with Crippen molar-refractivity contribution in [3.05, 3.63) is 77.1 Å². The normalized spacial score (nSPS) is 11.0. The van der Waals surface area contributed by atoms with E-state index >= 15 is 0 Å². The van der Waals surface area contributed by atoms with E-state index in [4.69, 9.17) is 20.9 Å². The number of nitrogens with zero attached hydrogens (tertiary/aromatic N) is 2. The molecule has 130 valence electrons. The molecule has 0 atom stereocenters. The summed E-state index contributed by atoms with van der Waals surface area (Å²) in [4.78, 5) is 4.22. The van der Waals surface area contributed by atoms with E-state index < -0.39 is 0 Å². The largest absolute Gasteiger partial charge is 0.475 e. The van der Waals surface area contributed by atoms with Gasteiger partial charge in [-0.1, -0.05) is 35.9 Å². The average molecular weight is 365 g/mol. The number of hydrogen-bond donors (Lipinski definition) is 0. The van der Waals surface area contributed by atoms with Crippen LogP contribution in [0.3, 0.4) is 0 Å². The summed E-state index contributed by atoms with van der Waals surface area (Å²) < 4.78 is 11.4. The molecule has 0 amide bonds. The minimum absolute atomic E-state index is 0.511. The number of benzene rings is 2. The second-order valence-corrected chi connectivity index (χ2v) is 6.52. The highest BCUT2D eigenvalue weighted by atomic mass is 35.5. The van der Waals surface area contributed by atoms with Crippen molar-refractivity contribution in [2.45, 2.75) is 13.3 Å². The highest BCUT2D eigenvalue weighted by Crippen LogP contribution is 2.34. The summed E-state index contributed by atoms with van der Waals surface area (Å²) in [5.41, 5.74) is 5.00. The van der Waals surface area contributed by atoms with Gasteiger partial charge in [0.05, 0.1) is 12.0 Å². The zero-order valence-electron chi connectivity index (χ0n) is 14.3. The lowest BCUT2D eigenvalue weighted by Crippen LogP contribution is -2.01. The van der Waals surface area contributed by atoms with Crippen molar-refractivity contribution >= 4 is 22.6 Å². The van der Waals surface area contributed by atoms with Crippen molar-refractivity contribution in [3.63, 3.8) is 0 Å². The van der Waals surface area contributed by atoms with Gasteiger partial charge in [0.15, 0.2) is 5.58 Å². The van der Waals surface area contributed by atoms with Crippen molar-refractivity contribution in [2.75, 3.05) is 6.61 Å². The first-order valence-corrected chi connectivity index (χ1v) is 8.77. The fourth-order valence-electron chi connectivity index (χ4n) is 2.92. The lowest BCUT2D eigenvalue weighted by Gasteiger charge is -2.05. The molecule has 2 aromatic heterocycles. The number of ether oxygens (including phenoxy) is 1. The molecule has 4 nitrogen and oxygen atoms in total. The van der Waals surface area contributed by atoms with Crippen LogP contribution < -0.4 is 4.74 Å². The molecule has 0 aliphatic heterocycles. The van der Waals surface area contributed by atoms with Gasteiger partial charge in [-0.15, -0.1) is 0 Å². The zero-order chi connectivity index (χ0) is 17.9. The molecule has 0 spiro atoms. The third-order valence-electron chi connectivity index (χ3n) is 4.34. The first-order valence-electron chi connectivity index (χ1n) is 8.39. The number of rotatable bonds is 5. The Morgan fingerprint density at radius 1 is 1.04 bits per heavy atom. The molecule has 26 heavy (non-hydrogen) atoms. The fraction of sp³-hybridized carbons (Fsp3) is 0.143. The summed E-state index contributed by atoms with van der Waals surface area (Å²) in [6.45, 7) is 2.56. The van der Waals surface area contributed by atoms with Crippen molar-refractivity contribution in [2.24, 2.45) is 0 Å². The second-order valence-electron chi connectivity index (χ2n) is 6.09. The van der Waals surface area contributed by atoms with Crippen LogP contribution in [0.5, 0.6) is 5.88 Å². The Bertz CT molecular complexity index is 1040. The average Bonchev–Trinajstić information content (AvgIpc) is 3.07. The summed E-state index contributed by atoms with van der Waals surface area (Å²) in [5, 5.41) is 5.71. The Morgan fingerprint density at radius 3 is 2.69 bits per heavy atom. The zero-order valence-corrected chi connectivity index (χ0v) is 15.0. The molecule has 4 rings (SSSR count). The first kappa shape index (κ1) is 16.6. The number of aromatic nitrogens is 2. The van der Waals surface area contributed by atoms with Gasteiger partial charge in [0.2, 0.25) is 0 Å². The lowest BCUT2D eigenvalue weighted by molar-refractivity contribution is 0.288. The summed E-state index contributed by atoms with van der Waals surface area (Å²) in [7, 11) is 0. The molecule has 2 aromatic carbocycles. The molecule has 0 N–H and O–H groups in total. The van der Waals surface area contributed by atoms with Gasteiger partial charge >= 0.3 is 0 Å². The van der Waals surface area contributed by atoms with Gasteiger partial charge in [-0.05, 0) is 47.5 Å². The van der Waals surface area contributed by atoms with Crippen LogP contribution >= 0.6 is 11.6 Å². The van der Waals surface area contributed by atoms with E-state index in [-0.39, 0.29) is 0 Å². The lowest BCUT2D eigenvalue weighted by atomic mass is 10.0. The van der Waals surface area contributed by atoms with Crippen LogP contribution in [0.15, 0.2) is 65.4 Å². The molecule has 0 aliphatic carbocycles. The fourth-order valence-corrected chi connectivity index (χ4v) is 3.04. The Kier molecular flexibility index (Phi) is 4.59. The van der Waals surface area contributed by atoms with Gasteiger partial charge in [0.1, 0.15) is 0 Å². The molecule has 4 aromatic rings. The molecule has 0 saturated carbocycles. The SMILES string of the molecule is Cc1ccncc1-c1cccc2c(OCCc3ccc(Cl)cc3)noc12. The minimum atomic E-state index is 0.511. The van der Waals surface area contributed by atoms with Crippen molar-refractivity contribution in [1.82, 2.24) is 10.1 Å². The van der Waals surface area contributed by atoms with E-state index in [1.807, 2.05) is 54.7 Å². The summed E-state index contributed by atoms with van der Waals surface area (Å²) in [6.07, 6.45) is 4.39. The Hall–Kier alpha value is -2.85. The predicted octanol–water partition coefficient (Wildman–Crippen LogP) is 5.47. The van der Waals surface area contributed by atoms with Crippen LogP contribution in [-0.2, 0) is 6.42 Å². The molecular formula is C21H17ClN2O2. The molecule has 0 radical (unpaired) electrons. The molecule has 0 bridgehead atoms. The smallest absolute Gasteiger partial charge is 0.262 e. The first-order chi connectivity index (χ1) is 12.7.